The second-order valence-electron chi connectivity index (χ2n) is 10.3. The zero-order valence-corrected chi connectivity index (χ0v) is 19.9. The van der Waals surface area contributed by atoms with Gasteiger partial charge in [0.1, 0.15) is 0 Å². The van der Waals surface area contributed by atoms with Gasteiger partial charge in [-0.15, -0.1) is 0 Å². The van der Waals surface area contributed by atoms with E-state index in [0.29, 0.717) is 6.54 Å². The Bertz CT molecular complexity index is 1110. The molecule has 0 aliphatic carbocycles. The Morgan fingerprint density at radius 3 is 2.16 bits per heavy atom. The Balaban J connectivity index is 1.85. The summed E-state index contributed by atoms with van der Waals surface area (Å²) in [6, 6.07) is 10.4. The molecule has 1 aliphatic rings. The summed E-state index contributed by atoms with van der Waals surface area (Å²) < 4.78 is 14.6. The number of aryl methyl sites for hydroxylation is 2. The third-order valence-electron chi connectivity index (χ3n) is 6.92. The maximum atomic E-state index is 10.9. The minimum atomic E-state index is -1.02. The molecule has 0 saturated carbocycles. The van der Waals surface area contributed by atoms with E-state index >= 15 is 0 Å². The smallest absolute Gasteiger partial charge is 0.399 e. The topological polar surface area (TPSA) is 56.5 Å². The van der Waals surface area contributed by atoms with Crippen molar-refractivity contribution in [3.8, 4) is 0 Å². The van der Waals surface area contributed by atoms with Crippen molar-refractivity contribution in [1.29, 1.82) is 0 Å². The molecule has 3 aromatic rings. The molecule has 1 aromatic heterocycles. The molecule has 4 rings (SSSR count). The lowest BCUT2D eigenvalue weighted by Crippen LogP contribution is -2.41. The van der Waals surface area contributed by atoms with Crippen LogP contribution in [0.25, 0.3) is 10.9 Å². The van der Waals surface area contributed by atoms with E-state index in [1.165, 1.54) is 16.7 Å². The monoisotopic (exact) mass is 420 g/mol. The first-order chi connectivity index (χ1) is 14.3. The second kappa shape index (κ2) is 7.19. The maximum absolute atomic E-state index is 10.9. The number of hydrogen-bond acceptors (Lipinski definition) is 4. The van der Waals surface area contributed by atoms with Crippen molar-refractivity contribution in [2.24, 2.45) is 0 Å². The summed E-state index contributed by atoms with van der Waals surface area (Å²) in [4.78, 5) is 0. The summed E-state index contributed by atoms with van der Waals surface area (Å²) in [5, 5.41) is 16.6. The van der Waals surface area contributed by atoms with Gasteiger partial charge in [-0.25, -0.2) is 0 Å². The second-order valence-corrected chi connectivity index (χ2v) is 10.3. The lowest BCUT2D eigenvalue weighted by Gasteiger charge is -2.32. The molecular formula is C25H33BN2O3. The Morgan fingerprint density at radius 1 is 1.03 bits per heavy atom. The Hall–Kier alpha value is -2.15. The molecule has 0 amide bonds. The predicted octanol–water partition coefficient (Wildman–Crippen LogP) is 4.23. The lowest BCUT2D eigenvalue weighted by atomic mass is 9.76. The molecular weight excluding hydrogens is 387 g/mol. The van der Waals surface area contributed by atoms with Gasteiger partial charge in [-0.05, 0) is 89.2 Å². The molecule has 0 unspecified atom stereocenters. The molecule has 1 N–H and O–H groups in total. The maximum Gasteiger partial charge on any atom is 0.494 e. The van der Waals surface area contributed by atoms with E-state index in [1.54, 1.807) is 13.8 Å². The first-order valence-electron chi connectivity index (χ1n) is 10.9. The summed E-state index contributed by atoms with van der Waals surface area (Å²) in [6.07, 6.45) is 1.85. The minimum Gasteiger partial charge on any atom is -0.399 e. The number of rotatable bonds is 4. The number of benzene rings is 2. The van der Waals surface area contributed by atoms with Gasteiger partial charge in [0, 0.05) is 5.39 Å². The average Bonchev–Trinajstić information content (AvgIpc) is 3.14. The van der Waals surface area contributed by atoms with Gasteiger partial charge in [-0.1, -0.05) is 24.3 Å². The highest BCUT2D eigenvalue weighted by Gasteiger charge is 2.52. The van der Waals surface area contributed by atoms with Crippen LogP contribution in [0.4, 0.5) is 0 Å². The van der Waals surface area contributed by atoms with Gasteiger partial charge in [-0.3, -0.25) is 4.68 Å². The number of hydrogen-bond donors (Lipinski definition) is 1. The Morgan fingerprint density at radius 2 is 1.61 bits per heavy atom. The fourth-order valence-corrected chi connectivity index (χ4v) is 4.19. The van der Waals surface area contributed by atoms with Crippen molar-refractivity contribution in [3.63, 3.8) is 0 Å². The first kappa shape index (κ1) is 22.1. The van der Waals surface area contributed by atoms with Crippen molar-refractivity contribution in [1.82, 2.24) is 9.78 Å². The highest BCUT2D eigenvalue weighted by atomic mass is 16.7. The van der Waals surface area contributed by atoms with E-state index in [-0.39, 0.29) is 0 Å². The summed E-state index contributed by atoms with van der Waals surface area (Å²) in [6.45, 7) is 16.7. The summed E-state index contributed by atoms with van der Waals surface area (Å²) in [5.41, 5.74) is 4.55. The molecule has 5 nitrogen and oxygen atoms in total. The van der Waals surface area contributed by atoms with E-state index in [4.69, 9.17) is 14.4 Å². The van der Waals surface area contributed by atoms with Gasteiger partial charge >= 0.3 is 7.12 Å². The van der Waals surface area contributed by atoms with Crippen LogP contribution in [0, 0.1) is 13.8 Å². The summed E-state index contributed by atoms with van der Waals surface area (Å²) in [5.74, 6) is 0. The van der Waals surface area contributed by atoms with Crippen molar-refractivity contribution in [2.45, 2.75) is 78.7 Å². The van der Waals surface area contributed by atoms with Gasteiger partial charge in [0.2, 0.25) is 0 Å². The minimum absolute atomic E-state index is 0.431. The van der Waals surface area contributed by atoms with Crippen LogP contribution in [-0.2, 0) is 21.5 Å². The molecule has 1 saturated heterocycles. The van der Waals surface area contributed by atoms with Crippen molar-refractivity contribution in [3.05, 3.63) is 58.8 Å². The van der Waals surface area contributed by atoms with Crippen LogP contribution in [0.2, 0.25) is 0 Å². The number of aliphatic hydroxyl groups is 1. The van der Waals surface area contributed by atoms with Gasteiger partial charge in [0.05, 0.1) is 35.1 Å². The molecule has 1 aliphatic heterocycles. The highest BCUT2D eigenvalue weighted by Crippen LogP contribution is 2.37. The normalized spacial score (nSPS) is 18.2. The highest BCUT2D eigenvalue weighted by molar-refractivity contribution is 6.62. The van der Waals surface area contributed by atoms with Crippen molar-refractivity contribution in [2.75, 3.05) is 0 Å². The van der Waals surface area contributed by atoms with Gasteiger partial charge in [-0.2, -0.15) is 5.10 Å². The van der Waals surface area contributed by atoms with E-state index in [2.05, 4.69) is 38.1 Å². The van der Waals surface area contributed by atoms with Crippen LogP contribution in [-0.4, -0.2) is 33.2 Å². The van der Waals surface area contributed by atoms with Gasteiger partial charge in [0.25, 0.3) is 0 Å². The molecule has 164 valence electrons. The summed E-state index contributed by atoms with van der Waals surface area (Å²) in [7, 11) is -0.501. The van der Waals surface area contributed by atoms with Crippen LogP contribution in [0.5, 0.6) is 0 Å². The van der Waals surface area contributed by atoms with Crippen molar-refractivity contribution < 1.29 is 14.4 Å². The molecule has 1 fully saturated rings. The van der Waals surface area contributed by atoms with E-state index < -0.39 is 23.9 Å². The SMILES string of the molecule is Cc1cccc(C)c1Cn1ncc2c(C(C)(C)O)cc(B3OC(C)(C)C(C)(C)O3)cc21. The zero-order chi connectivity index (χ0) is 22.8. The summed E-state index contributed by atoms with van der Waals surface area (Å²) >= 11 is 0. The molecule has 0 radical (unpaired) electrons. The number of fused-ring (bicyclic) bond motifs is 1. The van der Waals surface area contributed by atoms with Crippen LogP contribution in [0.3, 0.4) is 0 Å². The van der Waals surface area contributed by atoms with Crippen LogP contribution in [0.1, 0.15) is 63.8 Å². The fourth-order valence-electron chi connectivity index (χ4n) is 4.19. The van der Waals surface area contributed by atoms with Gasteiger partial charge in [0.15, 0.2) is 0 Å². The molecule has 2 aromatic carbocycles. The van der Waals surface area contributed by atoms with E-state index in [1.807, 2.05) is 44.6 Å². The number of aromatic nitrogens is 2. The van der Waals surface area contributed by atoms with Crippen LogP contribution < -0.4 is 5.46 Å². The third-order valence-corrected chi connectivity index (χ3v) is 6.92. The standard InChI is InChI=1S/C25H33BN2O3/c1-16-10-9-11-17(2)20(16)15-28-22-13-18(26-30-24(5,6)25(7,8)31-26)12-21(23(3,4)29)19(22)14-27-28/h9-14,29H,15H2,1-8H3. The fraction of sp³-hybridized carbons (Fsp3) is 0.480. The number of nitrogens with zero attached hydrogens (tertiary/aromatic N) is 2. The van der Waals surface area contributed by atoms with E-state index in [0.717, 1.165) is 21.9 Å². The van der Waals surface area contributed by atoms with Crippen molar-refractivity contribution >= 4 is 23.5 Å². The quantitative estimate of drug-likeness (QED) is 0.642. The molecule has 0 atom stereocenters. The first-order valence-corrected chi connectivity index (χ1v) is 10.9. The molecule has 2 heterocycles. The lowest BCUT2D eigenvalue weighted by molar-refractivity contribution is 0.00578. The molecule has 0 spiro atoms. The van der Waals surface area contributed by atoms with Crippen LogP contribution in [0.15, 0.2) is 36.5 Å². The molecule has 0 bridgehead atoms. The van der Waals surface area contributed by atoms with Gasteiger partial charge < -0.3 is 14.4 Å². The van der Waals surface area contributed by atoms with Crippen LogP contribution >= 0.6 is 0 Å². The zero-order valence-electron chi connectivity index (χ0n) is 19.9. The Kier molecular flexibility index (Phi) is 5.12. The molecule has 6 heteroatoms. The average molecular weight is 420 g/mol. The van der Waals surface area contributed by atoms with E-state index in [9.17, 15) is 5.11 Å². The predicted molar refractivity (Wildman–Crippen MR) is 126 cm³/mol. The Labute approximate surface area is 185 Å². The third kappa shape index (κ3) is 3.82. The largest absolute Gasteiger partial charge is 0.494 e. The molecule has 31 heavy (non-hydrogen) atoms.